The molecule has 1 saturated heterocycles. The Morgan fingerprint density at radius 3 is 2.69 bits per heavy atom. The Morgan fingerprint density at radius 1 is 1.46 bits per heavy atom. The van der Waals surface area contributed by atoms with Gasteiger partial charge in [0.1, 0.15) is 0 Å². The van der Waals surface area contributed by atoms with Crippen LogP contribution in [0.5, 0.6) is 0 Å². The average Bonchev–Trinajstić information content (AvgIpc) is 2.19. The fourth-order valence-corrected chi connectivity index (χ4v) is 3.12. The lowest BCUT2D eigenvalue weighted by Crippen LogP contribution is -2.63. The van der Waals surface area contributed by atoms with Gasteiger partial charge in [-0.25, -0.2) is 0 Å². The number of aliphatic hydroxyl groups excluding tert-OH is 1. The summed E-state index contributed by atoms with van der Waals surface area (Å²) in [6.07, 6.45) is 4.85. The van der Waals surface area contributed by atoms with E-state index in [-0.39, 0.29) is 11.5 Å². The predicted octanol–water partition coefficient (Wildman–Crippen LogP) is 0.784. The number of hydrogen-bond donors (Lipinski definition) is 2. The summed E-state index contributed by atoms with van der Waals surface area (Å²) in [4.78, 5) is 0. The molecule has 3 nitrogen and oxygen atoms in total. The molecule has 0 radical (unpaired) electrons. The first-order valence-electron chi connectivity index (χ1n) is 4.84. The van der Waals surface area contributed by atoms with Crippen LogP contribution < -0.4 is 4.72 Å². The number of hydrogen-bond acceptors (Lipinski definition) is 4. The van der Waals surface area contributed by atoms with Gasteiger partial charge >= 0.3 is 0 Å². The van der Waals surface area contributed by atoms with Crippen LogP contribution >= 0.6 is 11.9 Å². The minimum atomic E-state index is -0.110. The predicted molar refractivity (Wildman–Crippen MR) is 53.5 cm³/mol. The topological polar surface area (TPSA) is 41.5 Å². The minimum absolute atomic E-state index is 0.110. The standard InChI is InChI=1S/C9H17NO2S/c1-13-10-7-6-8(11)9(7)2-4-12-5-3-9/h7-8,10-11H,2-6H2,1H3/t7-,8-/m0/s1. The van der Waals surface area contributed by atoms with Crippen molar-refractivity contribution in [1.82, 2.24) is 4.72 Å². The first-order chi connectivity index (χ1) is 6.29. The Bertz CT molecular complexity index is 180. The summed E-state index contributed by atoms with van der Waals surface area (Å²) in [6.45, 7) is 1.62. The Hall–Kier alpha value is 0.230. The third-order valence-electron chi connectivity index (χ3n) is 3.50. The largest absolute Gasteiger partial charge is 0.392 e. The zero-order valence-electron chi connectivity index (χ0n) is 7.95. The second-order valence-electron chi connectivity index (χ2n) is 3.97. The van der Waals surface area contributed by atoms with Gasteiger partial charge in [0.2, 0.25) is 0 Å². The highest BCUT2D eigenvalue weighted by Gasteiger charge is 2.54. The first kappa shape index (κ1) is 9.77. The molecule has 1 aliphatic carbocycles. The summed E-state index contributed by atoms with van der Waals surface area (Å²) in [5.41, 5.74) is 0.126. The summed E-state index contributed by atoms with van der Waals surface area (Å²) in [5, 5.41) is 9.82. The summed E-state index contributed by atoms with van der Waals surface area (Å²) in [7, 11) is 0. The molecule has 4 heteroatoms. The van der Waals surface area contributed by atoms with Gasteiger partial charge in [0.05, 0.1) is 6.10 Å². The van der Waals surface area contributed by atoms with Crippen molar-refractivity contribution in [3.05, 3.63) is 0 Å². The maximum absolute atomic E-state index is 9.82. The molecule has 1 heterocycles. The molecule has 0 amide bonds. The lowest BCUT2D eigenvalue weighted by molar-refractivity contribution is -0.142. The van der Waals surface area contributed by atoms with E-state index in [0.717, 1.165) is 32.5 Å². The van der Waals surface area contributed by atoms with Crippen LogP contribution in [0.2, 0.25) is 0 Å². The van der Waals surface area contributed by atoms with Crippen LogP contribution in [-0.4, -0.2) is 36.7 Å². The molecule has 2 rings (SSSR count). The van der Waals surface area contributed by atoms with Crippen molar-refractivity contribution in [2.45, 2.75) is 31.4 Å². The van der Waals surface area contributed by atoms with E-state index >= 15 is 0 Å². The Morgan fingerprint density at radius 2 is 2.15 bits per heavy atom. The van der Waals surface area contributed by atoms with Crippen molar-refractivity contribution in [2.24, 2.45) is 5.41 Å². The molecule has 0 unspecified atom stereocenters. The van der Waals surface area contributed by atoms with E-state index in [9.17, 15) is 5.11 Å². The molecule has 2 aliphatic rings. The maximum Gasteiger partial charge on any atom is 0.0628 e. The van der Waals surface area contributed by atoms with Gasteiger partial charge in [-0.05, 0) is 25.5 Å². The zero-order chi connectivity index (χ0) is 9.31. The second-order valence-corrected chi connectivity index (χ2v) is 4.62. The van der Waals surface area contributed by atoms with Crippen LogP contribution in [0.4, 0.5) is 0 Å². The molecule has 1 aliphatic heterocycles. The highest BCUT2D eigenvalue weighted by atomic mass is 32.2. The molecule has 1 saturated carbocycles. The highest BCUT2D eigenvalue weighted by Crippen LogP contribution is 2.49. The summed E-state index contributed by atoms with van der Waals surface area (Å²) < 4.78 is 8.70. The number of rotatable bonds is 2. The van der Waals surface area contributed by atoms with E-state index in [0.29, 0.717) is 6.04 Å². The molecule has 13 heavy (non-hydrogen) atoms. The van der Waals surface area contributed by atoms with Gasteiger partial charge in [0, 0.05) is 24.7 Å². The van der Waals surface area contributed by atoms with E-state index in [4.69, 9.17) is 4.74 Å². The molecule has 2 N–H and O–H groups in total. The Kier molecular flexibility index (Phi) is 2.83. The van der Waals surface area contributed by atoms with Crippen LogP contribution in [0, 0.1) is 5.41 Å². The van der Waals surface area contributed by atoms with Crippen molar-refractivity contribution in [3.8, 4) is 0 Å². The molecule has 1 spiro atoms. The molecule has 2 fully saturated rings. The SMILES string of the molecule is CSN[C@H]1C[C@H](O)C12CCOCC2. The van der Waals surface area contributed by atoms with E-state index < -0.39 is 0 Å². The third kappa shape index (κ3) is 1.50. The molecule has 2 atom stereocenters. The fourth-order valence-electron chi connectivity index (χ4n) is 2.51. The van der Waals surface area contributed by atoms with Crippen LogP contribution in [0.15, 0.2) is 0 Å². The summed E-state index contributed by atoms with van der Waals surface area (Å²) in [5.74, 6) is 0. The van der Waals surface area contributed by atoms with Gasteiger partial charge in [-0.1, -0.05) is 11.9 Å². The van der Waals surface area contributed by atoms with Crippen LogP contribution in [0.3, 0.4) is 0 Å². The third-order valence-corrected chi connectivity index (χ3v) is 4.02. The van der Waals surface area contributed by atoms with Gasteiger partial charge in [0.25, 0.3) is 0 Å². The van der Waals surface area contributed by atoms with Crippen LogP contribution in [0.1, 0.15) is 19.3 Å². The van der Waals surface area contributed by atoms with Gasteiger partial charge < -0.3 is 9.84 Å². The van der Waals surface area contributed by atoms with E-state index in [1.165, 1.54) is 0 Å². The summed E-state index contributed by atoms with van der Waals surface area (Å²) >= 11 is 1.65. The van der Waals surface area contributed by atoms with Crippen molar-refractivity contribution in [2.75, 3.05) is 19.5 Å². The molecule has 0 aromatic heterocycles. The molecular formula is C9H17NO2S. The summed E-state index contributed by atoms with van der Waals surface area (Å²) in [6, 6.07) is 0.487. The quantitative estimate of drug-likeness (QED) is 0.651. The van der Waals surface area contributed by atoms with Crippen LogP contribution in [0.25, 0.3) is 0 Å². The van der Waals surface area contributed by atoms with E-state index in [2.05, 4.69) is 4.72 Å². The normalized spacial score (nSPS) is 37.4. The van der Waals surface area contributed by atoms with Crippen LogP contribution in [-0.2, 0) is 4.74 Å². The monoisotopic (exact) mass is 203 g/mol. The molecule has 0 aromatic carbocycles. The number of aliphatic hydroxyl groups is 1. The van der Waals surface area contributed by atoms with E-state index in [1.54, 1.807) is 11.9 Å². The number of nitrogens with one attached hydrogen (secondary N) is 1. The van der Waals surface area contributed by atoms with Gasteiger partial charge in [-0.15, -0.1) is 0 Å². The number of ether oxygens (including phenoxy) is 1. The van der Waals surface area contributed by atoms with Crippen molar-refractivity contribution >= 4 is 11.9 Å². The lowest BCUT2D eigenvalue weighted by Gasteiger charge is -2.55. The average molecular weight is 203 g/mol. The van der Waals surface area contributed by atoms with Crippen molar-refractivity contribution in [3.63, 3.8) is 0 Å². The first-order valence-corrected chi connectivity index (χ1v) is 6.06. The lowest BCUT2D eigenvalue weighted by atomic mass is 9.58. The molecule has 0 bridgehead atoms. The van der Waals surface area contributed by atoms with Gasteiger partial charge in [0.15, 0.2) is 0 Å². The smallest absolute Gasteiger partial charge is 0.0628 e. The van der Waals surface area contributed by atoms with Crippen molar-refractivity contribution < 1.29 is 9.84 Å². The zero-order valence-corrected chi connectivity index (χ0v) is 8.77. The molecule has 0 aromatic rings. The van der Waals surface area contributed by atoms with Crippen molar-refractivity contribution in [1.29, 1.82) is 0 Å². The second kappa shape index (κ2) is 3.77. The van der Waals surface area contributed by atoms with Gasteiger partial charge in [-0.2, -0.15) is 0 Å². The Labute approximate surface area is 83.4 Å². The maximum atomic E-state index is 9.82. The van der Waals surface area contributed by atoms with E-state index in [1.807, 2.05) is 6.26 Å². The molecule has 76 valence electrons. The highest BCUT2D eigenvalue weighted by molar-refractivity contribution is 7.96. The fraction of sp³-hybridized carbons (Fsp3) is 1.00. The minimum Gasteiger partial charge on any atom is -0.392 e. The Balaban J connectivity index is 1.99. The molecular weight excluding hydrogens is 186 g/mol. The van der Waals surface area contributed by atoms with Gasteiger partial charge in [-0.3, -0.25) is 4.72 Å².